The highest BCUT2D eigenvalue weighted by atomic mass is 16.6. The number of esters is 3. The minimum atomic E-state index is -0.844. The van der Waals surface area contributed by atoms with Gasteiger partial charge in [0.15, 0.2) is 19.8 Å². The Labute approximate surface area is 102 Å². The molecule has 9 N–H and O–H groups in total. The fourth-order valence-corrected chi connectivity index (χ4v) is 1.11. The van der Waals surface area contributed by atoms with E-state index in [4.69, 9.17) is 14.2 Å². The van der Waals surface area contributed by atoms with Crippen LogP contribution < -0.4 is 17.2 Å². The molecule has 0 radical (unpaired) electrons. The number of quaternary nitrogens is 3. The van der Waals surface area contributed by atoms with Crippen molar-refractivity contribution in [3.63, 3.8) is 0 Å². The largest absolute Gasteiger partial charge is 0.454 e. The molecule has 0 aromatic rings. The maximum absolute atomic E-state index is 11.4. The molecule has 102 valence electrons. The number of carbonyl (C=O) groups is 3. The highest BCUT2D eigenvalue weighted by Crippen LogP contribution is 1.95. The summed E-state index contributed by atoms with van der Waals surface area (Å²) in [5.41, 5.74) is 10.5. The molecule has 9 heteroatoms. The summed E-state index contributed by atoms with van der Waals surface area (Å²) in [5, 5.41) is 0. The summed E-state index contributed by atoms with van der Waals surface area (Å²) >= 11 is 0. The van der Waals surface area contributed by atoms with E-state index < -0.39 is 36.0 Å². The lowest BCUT2D eigenvalue weighted by Gasteiger charge is -2.15. The van der Waals surface area contributed by atoms with Gasteiger partial charge in [-0.1, -0.05) is 0 Å². The second-order valence-electron chi connectivity index (χ2n) is 3.98. The highest BCUT2D eigenvalue weighted by Gasteiger charge is 2.30. The fraction of sp³-hybridized carbons (Fsp3) is 0.667. The zero-order chi connectivity index (χ0) is 13.7. The van der Waals surface area contributed by atoms with Crippen LogP contribution in [0.4, 0.5) is 0 Å². The van der Waals surface area contributed by atoms with E-state index in [0.29, 0.717) is 0 Å². The van der Waals surface area contributed by atoms with E-state index in [1.165, 1.54) is 0 Å². The fourth-order valence-electron chi connectivity index (χ4n) is 1.11. The van der Waals surface area contributed by atoms with Crippen LogP contribution in [0.2, 0.25) is 0 Å². The predicted octanol–water partition coefficient (Wildman–Crippen LogP) is -5.54. The van der Waals surface area contributed by atoms with Crippen LogP contribution in [-0.2, 0) is 28.6 Å². The molecule has 0 aliphatic carbocycles. The van der Waals surface area contributed by atoms with E-state index in [9.17, 15) is 14.4 Å². The van der Waals surface area contributed by atoms with Gasteiger partial charge >= 0.3 is 17.9 Å². The maximum atomic E-state index is 11.4. The molecule has 1 fully saturated rings. The van der Waals surface area contributed by atoms with Gasteiger partial charge in [-0.15, -0.1) is 0 Å². The van der Waals surface area contributed by atoms with Crippen molar-refractivity contribution in [2.75, 3.05) is 19.8 Å². The average molecular weight is 264 g/mol. The molecule has 0 spiro atoms. The van der Waals surface area contributed by atoms with Crippen LogP contribution in [0.25, 0.3) is 0 Å². The molecule has 1 rings (SSSR count). The van der Waals surface area contributed by atoms with Crippen molar-refractivity contribution >= 4 is 17.9 Å². The van der Waals surface area contributed by atoms with E-state index in [2.05, 4.69) is 17.2 Å². The lowest BCUT2D eigenvalue weighted by molar-refractivity contribution is -0.433. The molecule has 0 amide bonds. The average Bonchev–Trinajstić information content (AvgIpc) is 2.36. The lowest BCUT2D eigenvalue weighted by Crippen LogP contribution is -2.72. The Bertz CT molecular complexity index is 295. The quantitative estimate of drug-likeness (QED) is 0.292. The predicted molar refractivity (Wildman–Crippen MR) is 52.9 cm³/mol. The Kier molecular flexibility index (Phi) is 5.01. The summed E-state index contributed by atoms with van der Waals surface area (Å²) in [6.45, 7) is -0.585. The van der Waals surface area contributed by atoms with Crippen molar-refractivity contribution < 1.29 is 45.8 Å². The second-order valence-corrected chi connectivity index (χ2v) is 3.98. The lowest BCUT2D eigenvalue weighted by atomic mass is 10.3. The first-order valence-electron chi connectivity index (χ1n) is 5.41. The van der Waals surface area contributed by atoms with E-state index in [-0.39, 0.29) is 19.8 Å². The van der Waals surface area contributed by atoms with Crippen LogP contribution in [-0.4, -0.2) is 55.9 Å². The summed E-state index contributed by atoms with van der Waals surface area (Å²) in [6, 6.07) is -2.53. The van der Waals surface area contributed by atoms with E-state index in [0.717, 1.165) is 0 Å². The molecular weight excluding hydrogens is 246 g/mol. The van der Waals surface area contributed by atoms with Gasteiger partial charge < -0.3 is 31.4 Å². The normalized spacial score (nSPS) is 31.5. The molecule has 1 aliphatic heterocycles. The van der Waals surface area contributed by atoms with Gasteiger partial charge in [-0.2, -0.15) is 0 Å². The summed E-state index contributed by atoms with van der Waals surface area (Å²) in [4.78, 5) is 34.2. The minimum Gasteiger partial charge on any atom is -0.454 e. The first-order chi connectivity index (χ1) is 8.41. The molecule has 9 nitrogen and oxygen atoms in total. The Morgan fingerprint density at radius 1 is 0.667 bits per heavy atom. The van der Waals surface area contributed by atoms with Crippen molar-refractivity contribution in [3.05, 3.63) is 0 Å². The van der Waals surface area contributed by atoms with Gasteiger partial charge in [-0.3, -0.25) is 0 Å². The number of hydrogen-bond donors (Lipinski definition) is 3. The van der Waals surface area contributed by atoms with Gasteiger partial charge in [-0.05, 0) is 0 Å². The van der Waals surface area contributed by atoms with Gasteiger partial charge in [0.2, 0.25) is 18.1 Å². The Hall–Kier alpha value is -1.71. The zero-order valence-corrected chi connectivity index (χ0v) is 9.92. The van der Waals surface area contributed by atoms with Crippen molar-refractivity contribution in [1.82, 2.24) is 0 Å². The molecule has 0 bridgehead atoms. The molecule has 18 heavy (non-hydrogen) atoms. The molecule has 0 aromatic carbocycles. The van der Waals surface area contributed by atoms with Gasteiger partial charge in [0.05, 0.1) is 0 Å². The number of cyclic esters (lactones) is 3. The first kappa shape index (κ1) is 14.4. The Balaban J connectivity index is 2.70. The van der Waals surface area contributed by atoms with Gasteiger partial charge in [0, 0.05) is 0 Å². The molecular formula is C9H18N3O6+3. The zero-order valence-electron chi connectivity index (χ0n) is 9.92. The van der Waals surface area contributed by atoms with Crippen molar-refractivity contribution in [2.24, 2.45) is 0 Å². The third-order valence-electron chi connectivity index (χ3n) is 2.28. The molecule has 0 saturated carbocycles. The summed E-state index contributed by atoms with van der Waals surface area (Å²) < 4.78 is 14.4. The van der Waals surface area contributed by atoms with Crippen LogP contribution in [0.1, 0.15) is 0 Å². The molecule has 0 unspecified atom stereocenters. The van der Waals surface area contributed by atoms with Crippen LogP contribution in [0.5, 0.6) is 0 Å². The topological polar surface area (TPSA) is 162 Å². The smallest absolute Gasteiger partial charge is 0.368 e. The number of ether oxygens (including phenoxy) is 3. The van der Waals surface area contributed by atoms with Gasteiger partial charge in [0.1, 0.15) is 0 Å². The second kappa shape index (κ2) is 6.28. The molecule has 1 heterocycles. The maximum Gasteiger partial charge on any atom is 0.368 e. The van der Waals surface area contributed by atoms with E-state index in [1.807, 2.05) is 0 Å². The minimum absolute atomic E-state index is 0.195. The van der Waals surface area contributed by atoms with Crippen LogP contribution >= 0.6 is 0 Å². The summed E-state index contributed by atoms with van der Waals surface area (Å²) in [7, 11) is 0. The van der Waals surface area contributed by atoms with Crippen LogP contribution in [0, 0.1) is 0 Å². The van der Waals surface area contributed by atoms with Crippen LogP contribution in [0.15, 0.2) is 0 Å². The SMILES string of the molecule is [NH3+][C@H]1COC(=O)[C@@H]([NH3+])COC(=O)[C@@H]([NH3+])COC1=O. The summed E-state index contributed by atoms with van der Waals surface area (Å²) in [5.74, 6) is -1.98. The molecule has 1 aliphatic rings. The van der Waals surface area contributed by atoms with Crippen molar-refractivity contribution in [1.29, 1.82) is 0 Å². The Morgan fingerprint density at radius 2 is 0.889 bits per heavy atom. The third-order valence-corrected chi connectivity index (χ3v) is 2.28. The molecule has 3 atom stereocenters. The van der Waals surface area contributed by atoms with E-state index >= 15 is 0 Å². The highest BCUT2D eigenvalue weighted by molar-refractivity contribution is 5.79. The molecule has 1 saturated heterocycles. The number of carbonyl (C=O) groups excluding carboxylic acids is 3. The Morgan fingerprint density at radius 3 is 1.11 bits per heavy atom. The monoisotopic (exact) mass is 264 g/mol. The number of hydrogen-bond acceptors (Lipinski definition) is 6. The van der Waals surface area contributed by atoms with Gasteiger partial charge in [0.25, 0.3) is 0 Å². The summed E-state index contributed by atoms with van der Waals surface area (Å²) in [6.07, 6.45) is 0. The van der Waals surface area contributed by atoms with Crippen molar-refractivity contribution in [3.8, 4) is 0 Å². The van der Waals surface area contributed by atoms with Gasteiger partial charge in [-0.25, -0.2) is 14.4 Å². The molecule has 0 aromatic heterocycles. The first-order valence-corrected chi connectivity index (χ1v) is 5.41. The third kappa shape index (κ3) is 3.95. The van der Waals surface area contributed by atoms with Crippen molar-refractivity contribution in [2.45, 2.75) is 18.1 Å². The van der Waals surface area contributed by atoms with Crippen LogP contribution in [0.3, 0.4) is 0 Å². The standard InChI is InChI=1S/C9H15N3O6/c10-4-1-16-8(14)5(11)2-18-9(15)6(12)3-17-7(4)13/h4-6H,1-3,10-12H2/p+3/t4-,5-,6-/m0/s1. The number of rotatable bonds is 0. The van der Waals surface area contributed by atoms with E-state index in [1.54, 1.807) is 0 Å².